The summed E-state index contributed by atoms with van der Waals surface area (Å²) < 4.78 is 0. The number of amidine groups is 1. The predicted octanol–water partition coefficient (Wildman–Crippen LogP) is -0.109. The first kappa shape index (κ1) is 9.21. The van der Waals surface area contributed by atoms with Crippen LogP contribution in [0, 0.1) is 11.3 Å². The number of rotatable bonds is 0. The van der Waals surface area contributed by atoms with Gasteiger partial charge in [-0.15, -0.1) is 0 Å². The van der Waals surface area contributed by atoms with Gasteiger partial charge in [-0.1, -0.05) is 6.58 Å². The molecule has 0 radical (unpaired) electrons. The van der Waals surface area contributed by atoms with Crippen molar-refractivity contribution in [3.05, 3.63) is 12.2 Å². The fourth-order valence-electron chi connectivity index (χ4n) is 2.11. The van der Waals surface area contributed by atoms with Crippen LogP contribution >= 0.6 is 0 Å². The summed E-state index contributed by atoms with van der Waals surface area (Å²) in [6.07, 6.45) is 0. The number of likely N-dealkylation sites (tertiary alicyclic amines) is 1. The van der Waals surface area contributed by atoms with Gasteiger partial charge in [0.05, 0.1) is 11.9 Å². The van der Waals surface area contributed by atoms with E-state index in [1.165, 1.54) is 6.92 Å². The molecule has 1 saturated carbocycles. The van der Waals surface area contributed by atoms with Crippen LogP contribution in [0.5, 0.6) is 0 Å². The molecule has 0 aromatic carbocycles. The minimum absolute atomic E-state index is 0.0603. The van der Waals surface area contributed by atoms with Crippen molar-refractivity contribution in [1.29, 1.82) is 5.41 Å². The third kappa shape index (κ3) is 1.05. The molecule has 0 aromatic rings. The minimum Gasteiger partial charge on any atom is -0.324 e. The van der Waals surface area contributed by atoms with Gasteiger partial charge in [0.25, 0.3) is 0 Å². The standard InChI is InChI=1S/C9H14N4O/c1-4-7(11)6-3-13(8(4)6)9(14)12-5(2)10/h6-8H,1,3,11H2,2H3,(H2,10,12,14). The van der Waals surface area contributed by atoms with E-state index < -0.39 is 0 Å². The number of piperidine rings is 1. The second-order valence-corrected chi connectivity index (χ2v) is 3.92. The minimum atomic E-state index is -0.216. The second kappa shape index (κ2) is 2.81. The second-order valence-electron chi connectivity index (χ2n) is 3.92. The largest absolute Gasteiger partial charge is 0.324 e. The van der Waals surface area contributed by atoms with Gasteiger partial charge in [0.2, 0.25) is 0 Å². The summed E-state index contributed by atoms with van der Waals surface area (Å²) in [5, 5.41) is 9.59. The molecular formula is C9H14N4O. The van der Waals surface area contributed by atoms with Crippen molar-refractivity contribution in [3.63, 3.8) is 0 Å². The van der Waals surface area contributed by atoms with Gasteiger partial charge in [0, 0.05) is 18.5 Å². The van der Waals surface area contributed by atoms with E-state index in [1.54, 1.807) is 4.90 Å². The molecule has 76 valence electrons. The Kier molecular flexibility index (Phi) is 1.85. The molecule has 1 aliphatic heterocycles. The van der Waals surface area contributed by atoms with E-state index in [-0.39, 0.29) is 24.0 Å². The molecule has 3 unspecified atom stereocenters. The fourth-order valence-corrected chi connectivity index (χ4v) is 2.11. The maximum absolute atomic E-state index is 11.5. The lowest BCUT2D eigenvalue weighted by Crippen LogP contribution is -2.75. The quantitative estimate of drug-likeness (QED) is 0.286. The SMILES string of the molecule is C=C1C(N)C2CN(C(=O)NC(C)=N)C12. The van der Waals surface area contributed by atoms with Gasteiger partial charge in [-0.3, -0.25) is 10.7 Å². The van der Waals surface area contributed by atoms with E-state index in [2.05, 4.69) is 11.9 Å². The Morgan fingerprint density at radius 1 is 1.79 bits per heavy atom. The summed E-state index contributed by atoms with van der Waals surface area (Å²) in [7, 11) is 0. The smallest absolute Gasteiger partial charge is 0.323 e. The highest BCUT2D eigenvalue weighted by molar-refractivity contribution is 5.95. The number of nitrogens with one attached hydrogen (secondary N) is 2. The summed E-state index contributed by atoms with van der Waals surface area (Å²) in [5.74, 6) is 0.548. The first-order chi connectivity index (χ1) is 6.52. The molecule has 0 spiro atoms. The summed E-state index contributed by atoms with van der Waals surface area (Å²) >= 11 is 0. The van der Waals surface area contributed by atoms with Gasteiger partial charge in [0.15, 0.2) is 0 Å². The molecular weight excluding hydrogens is 180 g/mol. The number of nitrogens with zero attached hydrogens (tertiary/aromatic N) is 1. The van der Waals surface area contributed by atoms with Gasteiger partial charge >= 0.3 is 6.03 Å². The molecule has 0 aromatic heterocycles. The molecule has 0 bridgehead atoms. The Morgan fingerprint density at radius 2 is 2.43 bits per heavy atom. The molecule has 14 heavy (non-hydrogen) atoms. The zero-order valence-electron chi connectivity index (χ0n) is 8.08. The average Bonchev–Trinajstić information content (AvgIpc) is 2.01. The van der Waals surface area contributed by atoms with Crippen molar-refractivity contribution in [3.8, 4) is 0 Å². The molecule has 2 rings (SSSR count). The number of fused-ring (bicyclic) bond motifs is 1. The van der Waals surface area contributed by atoms with Crippen LogP contribution in [-0.2, 0) is 0 Å². The topological polar surface area (TPSA) is 82.2 Å². The Morgan fingerprint density at radius 3 is 2.93 bits per heavy atom. The van der Waals surface area contributed by atoms with Crippen molar-refractivity contribution in [2.24, 2.45) is 11.7 Å². The van der Waals surface area contributed by atoms with Gasteiger partial charge in [0.1, 0.15) is 0 Å². The van der Waals surface area contributed by atoms with Crippen LogP contribution in [-0.4, -0.2) is 35.4 Å². The van der Waals surface area contributed by atoms with E-state index in [0.29, 0.717) is 12.5 Å². The molecule has 5 nitrogen and oxygen atoms in total. The Bertz CT molecular complexity index is 325. The van der Waals surface area contributed by atoms with E-state index in [9.17, 15) is 4.79 Å². The zero-order valence-corrected chi connectivity index (χ0v) is 8.08. The highest BCUT2D eigenvalue weighted by atomic mass is 16.2. The number of amides is 2. The first-order valence-electron chi connectivity index (χ1n) is 4.59. The number of nitrogens with two attached hydrogens (primary N) is 1. The third-order valence-electron chi connectivity index (χ3n) is 2.97. The van der Waals surface area contributed by atoms with Crippen LogP contribution in [0.3, 0.4) is 0 Å². The number of carbonyl (C=O) groups excluding carboxylic acids is 1. The summed E-state index contributed by atoms with van der Waals surface area (Å²) in [5.41, 5.74) is 6.70. The third-order valence-corrected chi connectivity index (χ3v) is 2.97. The molecule has 1 aliphatic carbocycles. The van der Waals surface area contributed by atoms with Gasteiger partial charge in [-0.25, -0.2) is 4.79 Å². The van der Waals surface area contributed by atoms with Crippen LogP contribution in [0.15, 0.2) is 12.2 Å². The Balaban J connectivity index is 1.94. The average molecular weight is 194 g/mol. The van der Waals surface area contributed by atoms with Gasteiger partial charge in [-0.2, -0.15) is 0 Å². The lowest BCUT2D eigenvalue weighted by atomic mass is 9.64. The fraction of sp³-hybridized carbons (Fsp3) is 0.556. The molecule has 1 saturated heterocycles. The van der Waals surface area contributed by atoms with Crippen LogP contribution in [0.25, 0.3) is 0 Å². The summed E-state index contributed by atoms with van der Waals surface area (Å²) in [6.45, 7) is 6.06. The highest BCUT2D eigenvalue weighted by Gasteiger charge is 2.55. The molecule has 2 fully saturated rings. The zero-order chi connectivity index (χ0) is 10.5. The van der Waals surface area contributed by atoms with Crippen molar-refractivity contribution in [2.45, 2.75) is 19.0 Å². The number of hydrogen-bond donors (Lipinski definition) is 3. The maximum atomic E-state index is 11.5. The monoisotopic (exact) mass is 194 g/mol. The van der Waals surface area contributed by atoms with Crippen molar-refractivity contribution >= 4 is 11.9 Å². The Labute approximate surface area is 82.5 Å². The number of urea groups is 1. The van der Waals surface area contributed by atoms with Crippen molar-refractivity contribution < 1.29 is 4.79 Å². The van der Waals surface area contributed by atoms with E-state index >= 15 is 0 Å². The molecule has 2 aliphatic rings. The molecule has 1 heterocycles. The van der Waals surface area contributed by atoms with Crippen molar-refractivity contribution in [1.82, 2.24) is 10.2 Å². The first-order valence-corrected chi connectivity index (χ1v) is 4.59. The van der Waals surface area contributed by atoms with E-state index in [0.717, 1.165) is 5.57 Å². The molecule has 3 atom stereocenters. The van der Waals surface area contributed by atoms with Gasteiger partial charge < -0.3 is 10.6 Å². The van der Waals surface area contributed by atoms with E-state index in [1.807, 2.05) is 0 Å². The van der Waals surface area contributed by atoms with Crippen LogP contribution in [0.4, 0.5) is 4.79 Å². The molecule has 4 N–H and O–H groups in total. The summed E-state index contributed by atoms with van der Waals surface area (Å²) in [4.78, 5) is 13.1. The maximum Gasteiger partial charge on any atom is 0.323 e. The van der Waals surface area contributed by atoms with Crippen LogP contribution in [0.1, 0.15) is 6.92 Å². The number of hydrogen-bond acceptors (Lipinski definition) is 3. The van der Waals surface area contributed by atoms with E-state index in [4.69, 9.17) is 11.1 Å². The van der Waals surface area contributed by atoms with Gasteiger partial charge in [-0.05, 0) is 12.5 Å². The van der Waals surface area contributed by atoms with Crippen LogP contribution < -0.4 is 11.1 Å². The molecule has 5 heteroatoms. The highest BCUT2D eigenvalue weighted by Crippen LogP contribution is 2.43. The molecule has 2 amide bonds. The lowest BCUT2D eigenvalue weighted by molar-refractivity contribution is 0.0130. The lowest BCUT2D eigenvalue weighted by Gasteiger charge is -2.60. The predicted molar refractivity (Wildman–Crippen MR) is 53.0 cm³/mol. The summed E-state index contributed by atoms with van der Waals surface area (Å²) in [6, 6.07) is -0.0405. The normalized spacial score (nSPS) is 34.0. The van der Waals surface area contributed by atoms with Crippen LogP contribution in [0.2, 0.25) is 0 Å². The van der Waals surface area contributed by atoms with Crippen molar-refractivity contribution in [2.75, 3.05) is 6.54 Å². The number of carbonyl (C=O) groups is 1. The Hall–Kier alpha value is -1.36.